The molecule has 1 aromatic rings. The van der Waals surface area contributed by atoms with Crippen LogP contribution in [-0.4, -0.2) is 49.2 Å². The van der Waals surface area contributed by atoms with Crippen LogP contribution in [0.4, 0.5) is 5.69 Å². The van der Waals surface area contributed by atoms with Crippen LogP contribution in [0, 0.1) is 0 Å². The number of hydrogen-bond donors (Lipinski definition) is 1. The van der Waals surface area contributed by atoms with Crippen molar-refractivity contribution in [2.24, 2.45) is 15.0 Å². The zero-order valence-electron chi connectivity index (χ0n) is 12.7. The zero-order valence-corrected chi connectivity index (χ0v) is 13.4. The van der Waals surface area contributed by atoms with Gasteiger partial charge >= 0.3 is 0 Å². The molecule has 0 fully saturated rings. The van der Waals surface area contributed by atoms with E-state index in [4.69, 9.17) is 11.6 Å². The van der Waals surface area contributed by atoms with Crippen molar-refractivity contribution in [3.8, 4) is 0 Å². The van der Waals surface area contributed by atoms with Crippen molar-refractivity contribution in [1.29, 1.82) is 0 Å². The zero-order chi connectivity index (χ0) is 16.4. The van der Waals surface area contributed by atoms with Gasteiger partial charge in [0.2, 0.25) is 5.91 Å². The number of carbonyl (C=O) groups excluding carboxylic acids is 2. The quantitative estimate of drug-likeness (QED) is 0.850. The van der Waals surface area contributed by atoms with E-state index in [0.717, 1.165) is 6.42 Å². The Kier molecular flexibility index (Phi) is 4.38. The SMILES string of the molecule is CC(=O)Nc1c(Cl)cc(C(=O)N2CC=NC2)c2c1=NCCCN=2. The number of benzene rings is 1. The maximum atomic E-state index is 12.7. The Bertz CT molecular complexity index is 810. The molecule has 0 spiro atoms. The topological polar surface area (TPSA) is 86.5 Å². The highest BCUT2D eigenvalue weighted by Crippen LogP contribution is 2.19. The third-order valence-electron chi connectivity index (χ3n) is 3.58. The first-order valence-corrected chi connectivity index (χ1v) is 7.72. The van der Waals surface area contributed by atoms with Gasteiger partial charge in [-0.3, -0.25) is 24.6 Å². The molecule has 8 heteroatoms. The molecule has 0 saturated carbocycles. The first kappa shape index (κ1) is 15.6. The van der Waals surface area contributed by atoms with Crippen LogP contribution in [0.3, 0.4) is 0 Å². The van der Waals surface area contributed by atoms with Crippen molar-refractivity contribution in [2.75, 3.05) is 31.6 Å². The first-order chi connectivity index (χ1) is 11.1. The number of amides is 2. The fraction of sp³-hybridized carbons (Fsp3) is 0.400. The largest absolute Gasteiger partial charge is 0.323 e. The van der Waals surface area contributed by atoms with E-state index >= 15 is 0 Å². The van der Waals surface area contributed by atoms with Crippen molar-refractivity contribution in [2.45, 2.75) is 13.3 Å². The summed E-state index contributed by atoms with van der Waals surface area (Å²) in [4.78, 5) is 38.8. The molecule has 120 valence electrons. The molecule has 0 bridgehead atoms. The van der Waals surface area contributed by atoms with E-state index < -0.39 is 0 Å². The number of aliphatic imine (C=N–C) groups is 1. The van der Waals surface area contributed by atoms with Crippen LogP contribution in [0.2, 0.25) is 5.02 Å². The molecule has 0 aliphatic carbocycles. The molecule has 7 nitrogen and oxygen atoms in total. The second-order valence-electron chi connectivity index (χ2n) is 5.31. The minimum atomic E-state index is -0.249. The van der Waals surface area contributed by atoms with Crippen molar-refractivity contribution in [3.05, 3.63) is 27.4 Å². The number of rotatable bonds is 2. The number of halogens is 1. The Morgan fingerprint density at radius 1 is 1.26 bits per heavy atom. The Morgan fingerprint density at radius 2 is 2.00 bits per heavy atom. The van der Waals surface area contributed by atoms with Crippen molar-refractivity contribution >= 4 is 35.3 Å². The van der Waals surface area contributed by atoms with Gasteiger partial charge in [-0.15, -0.1) is 0 Å². The van der Waals surface area contributed by atoms with Crippen LogP contribution in [0.5, 0.6) is 0 Å². The minimum absolute atomic E-state index is 0.184. The van der Waals surface area contributed by atoms with Gasteiger partial charge in [-0.2, -0.15) is 0 Å². The summed E-state index contributed by atoms with van der Waals surface area (Å²) < 4.78 is 0. The van der Waals surface area contributed by atoms with Crippen molar-refractivity contribution in [3.63, 3.8) is 0 Å². The summed E-state index contributed by atoms with van der Waals surface area (Å²) >= 11 is 6.30. The molecule has 0 atom stereocenters. The monoisotopic (exact) mass is 333 g/mol. The highest BCUT2D eigenvalue weighted by molar-refractivity contribution is 6.34. The van der Waals surface area contributed by atoms with E-state index in [1.54, 1.807) is 17.2 Å². The highest BCUT2D eigenvalue weighted by atomic mass is 35.5. The van der Waals surface area contributed by atoms with Gasteiger partial charge in [0.25, 0.3) is 5.91 Å². The molecule has 0 saturated heterocycles. The van der Waals surface area contributed by atoms with Gasteiger partial charge in [0, 0.05) is 26.2 Å². The van der Waals surface area contributed by atoms with E-state index in [1.807, 2.05) is 0 Å². The maximum absolute atomic E-state index is 12.7. The summed E-state index contributed by atoms with van der Waals surface area (Å²) in [5.41, 5.74) is 0.810. The average Bonchev–Trinajstić information content (AvgIpc) is 2.94. The van der Waals surface area contributed by atoms with Gasteiger partial charge in [0.1, 0.15) is 12.0 Å². The number of nitrogens with one attached hydrogen (secondary N) is 1. The molecule has 0 aromatic heterocycles. The minimum Gasteiger partial charge on any atom is -0.323 e. The number of carbonyl (C=O) groups is 2. The lowest BCUT2D eigenvalue weighted by Gasteiger charge is -2.15. The summed E-state index contributed by atoms with van der Waals surface area (Å²) in [5, 5.41) is 3.94. The van der Waals surface area contributed by atoms with Gasteiger partial charge < -0.3 is 10.2 Å². The van der Waals surface area contributed by atoms with E-state index in [1.165, 1.54) is 6.92 Å². The molecule has 0 unspecified atom stereocenters. The maximum Gasteiger partial charge on any atom is 0.257 e. The van der Waals surface area contributed by atoms with Crippen LogP contribution in [-0.2, 0) is 4.79 Å². The Balaban J connectivity index is 2.19. The number of anilines is 1. The lowest BCUT2D eigenvalue weighted by Crippen LogP contribution is -2.40. The molecule has 2 aliphatic rings. The summed E-state index contributed by atoms with van der Waals surface area (Å²) in [6.45, 7) is 3.35. The van der Waals surface area contributed by atoms with Crippen molar-refractivity contribution in [1.82, 2.24) is 4.90 Å². The Hall–Kier alpha value is -2.28. The number of nitrogens with zero attached hydrogens (tertiary/aromatic N) is 4. The van der Waals surface area contributed by atoms with Crippen LogP contribution in [0.1, 0.15) is 23.7 Å². The van der Waals surface area contributed by atoms with E-state index in [-0.39, 0.29) is 16.8 Å². The predicted molar refractivity (Wildman–Crippen MR) is 86.8 cm³/mol. The summed E-state index contributed by atoms with van der Waals surface area (Å²) in [6.07, 6.45) is 2.48. The van der Waals surface area contributed by atoms with Crippen LogP contribution in [0.15, 0.2) is 21.0 Å². The molecule has 0 radical (unpaired) electrons. The summed E-state index contributed by atoms with van der Waals surface area (Å²) in [5.74, 6) is -0.434. The molecule has 23 heavy (non-hydrogen) atoms. The molecule has 1 N–H and O–H groups in total. The van der Waals surface area contributed by atoms with Crippen molar-refractivity contribution < 1.29 is 9.59 Å². The molecule has 2 aliphatic heterocycles. The van der Waals surface area contributed by atoms with Crippen LogP contribution < -0.4 is 16.0 Å². The predicted octanol–water partition coefficient (Wildman–Crippen LogP) is 0.425. The first-order valence-electron chi connectivity index (χ1n) is 7.34. The number of hydrogen-bond acceptors (Lipinski definition) is 5. The van der Waals surface area contributed by atoms with Gasteiger partial charge in [-0.1, -0.05) is 11.6 Å². The smallest absolute Gasteiger partial charge is 0.257 e. The molecule has 1 aromatic carbocycles. The third-order valence-corrected chi connectivity index (χ3v) is 3.88. The molecular formula is C15H16ClN5O2. The molecule has 3 rings (SSSR count). The van der Waals surface area contributed by atoms with E-state index in [2.05, 4.69) is 20.3 Å². The standard InChI is InChI=1S/C15H16ClN5O2/c1-9(22)20-13-11(16)7-10(15(23)21-6-5-17-8-21)12-14(13)19-4-2-3-18-12/h5,7H,2-4,6,8H2,1H3,(H,20,22). The summed E-state index contributed by atoms with van der Waals surface area (Å²) in [7, 11) is 0. The third kappa shape index (κ3) is 3.10. The average molecular weight is 334 g/mol. The van der Waals surface area contributed by atoms with Gasteiger partial charge in [0.15, 0.2) is 0 Å². The Labute approximate surface area is 137 Å². The van der Waals surface area contributed by atoms with Gasteiger partial charge in [-0.05, 0) is 12.5 Å². The molecule has 2 amide bonds. The van der Waals surface area contributed by atoms with Crippen LogP contribution >= 0.6 is 11.6 Å². The fourth-order valence-electron chi connectivity index (χ4n) is 2.54. The molecular weight excluding hydrogens is 318 g/mol. The van der Waals surface area contributed by atoms with E-state index in [9.17, 15) is 9.59 Å². The lowest BCUT2D eigenvalue weighted by atomic mass is 10.1. The Morgan fingerprint density at radius 3 is 2.65 bits per heavy atom. The lowest BCUT2D eigenvalue weighted by molar-refractivity contribution is -0.114. The second kappa shape index (κ2) is 6.45. The normalized spacial score (nSPS) is 16.2. The van der Waals surface area contributed by atoms with E-state index in [0.29, 0.717) is 48.3 Å². The summed E-state index contributed by atoms with van der Waals surface area (Å²) in [6, 6.07) is 1.55. The fourth-order valence-corrected chi connectivity index (χ4v) is 2.78. The molecule has 2 heterocycles. The van der Waals surface area contributed by atoms with Crippen LogP contribution in [0.25, 0.3) is 0 Å². The number of fused-ring (bicyclic) bond motifs is 1. The van der Waals surface area contributed by atoms with Gasteiger partial charge in [0.05, 0.1) is 28.2 Å². The highest BCUT2D eigenvalue weighted by Gasteiger charge is 2.22. The second-order valence-corrected chi connectivity index (χ2v) is 5.72. The van der Waals surface area contributed by atoms with Gasteiger partial charge in [-0.25, -0.2) is 0 Å².